The molecule has 1 N–H and O–H groups in total. The summed E-state index contributed by atoms with van der Waals surface area (Å²) in [5, 5.41) is 2.72. The molecule has 1 aliphatic carbocycles. The lowest BCUT2D eigenvalue weighted by molar-refractivity contribution is 0.102. The predicted octanol–water partition coefficient (Wildman–Crippen LogP) is 4.34. The van der Waals surface area contributed by atoms with E-state index in [-0.39, 0.29) is 22.7 Å². The summed E-state index contributed by atoms with van der Waals surface area (Å²) in [4.78, 5) is 12.6. The molecule has 7 heteroatoms. The lowest BCUT2D eigenvalue weighted by Gasteiger charge is -2.30. The SMILES string of the molecule is Cc1cc(F)ccc1NC(=O)c1ccc(S(=O)(=O)N(C)C2CCCCC2)cc1. The van der Waals surface area contributed by atoms with Gasteiger partial charge in [-0.3, -0.25) is 4.79 Å². The second-order valence-corrected chi connectivity index (χ2v) is 9.25. The van der Waals surface area contributed by atoms with E-state index in [1.54, 1.807) is 14.0 Å². The number of halogens is 1. The number of rotatable bonds is 5. The van der Waals surface area contributed by atoms with Crippen LogP contribution in [0.3, 0.4) is 0 Å². The molecule has 0 heterocycles. The number of aryl methyl sites for hydroxylation is 1. The predicted molar refractivity (Wildman–Crippen MR) is 107 cm³/mol. The Bertz CT molecular complexity index is 952. The van der Waals surface area contributed by atoms with Crippen molar-refractivity contribution < 1.29 is 17.6 Å². The molecule has 1 saturated carbocycles. The fraction of sp³-hybridized carbons (Fsp3) is 0.381. The van der Waals surface area contributed by atoms with Gasteiger partial charge in [-0.15, -0.1) is 0 Å². The van der Waals surface area contributed by atoms with Crippen molar-refractivity contribution in [3.8, 4) is 0 Å². The third-order valence-corrected chi connectivity index (χ3v) is 7.24. The first-order valence-electron chi connectivity index (χ1n) is 9.44. The molecule has 5 nitrogen and oxygen atoms in total. The van der Waals surface area contributed by atoms with Crippen LogP contribution >= 0.6 is 0 Å². The van der Waals surface area contributed by atoms with Crippen molar-refractivity contribution in [2.45, 2.75) is 50.0 Å². The standard InChI is InChI=1S/C21H25FN2O3S/c1-15-14-17(22)10-13-20(15)23-21(25)16-8-11-19(12-9-16)28(26,27)24(2)18-6-4-3-5-7-18/h8-14,18H,3-7H2,1-2H3,(H,23,25). The molecule has 1 fully saturated rings. The van der Waals surface area contributed by atoms with Gasteiger partial charge in [-0.05, 0) is 67.8 Å². The molecule has 1 amide bonds. The summed E-state index contributed by atoms with van der Waals surface area (Å²) in [5.74, 6) is -0.744. The van der Waals surface area contributed by atoms with E-state index in [2.05, 4.69) is 5.32 Å². The van der Waals surface area contributed by atoms with Crippen molar-refractivity contribution >= 4 is 21.6 Å². The lowest BCUT2D eigenvalue weighted by Crippen LogP contribution is -2.38. The number of benzene rings is 2. The average molecular weight is 405 g/mol. The van der Waals surface area contributed by atoms with Gasteiger partial charge in [-0.1, -0.05) is 19.3 Å². The molecule has 28 heavy (non-hydrogen) atoms. The second kappa shape index (κ2) is 8.41. The Morgan fingerprint density at radius 3 is 2.32 bits per heavy atom. The van der Waals surface area contributed by atoms with Crippen LogP contribution in [0.4, 0.5) is 10.1 Å². The molecular formula is C21H25FN2O3S. The minimum absolute atomic E-state index is 0.0307. The largest absolute Gasteiger partial charge is 0.322 e. The van der Waals surface area contributed by atoms with E-state index in [1.807, 2.05) is 0 Å². The summed E-state index contributed by atoms with van der Waals surface area (Å²) in [6, 6.07) is 10.1. The van der Waals surface area contributed by atoms with Crippen LogP contribution in [0.2, 0.25) is 0 Å². The van der Waals surface area contributed by atoms with Crippen LogP contribution in [0.15, 0.2) is 47.4 Å². The van der Waals surface area contributed by atoms with Gasteiger partial charge >= 0.3 is 0 Å². The van der Waals surface area contributed by atoms with Crippen molar-refractivity contribution in [2.75, 3.05) is 12.4 Å². The zero-order valence-electron chi connectivity index (χ0n) is 16.1. The van der Waals surface area contributed by atoms with Gasteiger partial charge in [0.15, 0.2) is 0 Å². The molecule has 0 unspecified atom stereocenters. The number of carbonyl (C=O) groups excluding carboxylic acids is 1. The maximum Gasteiger partial charge on any atom is 0.255 e. The van der Waals surface area contributed by atoms with E-state index in [0.29, 0.717) is 16.8 Å². The first-order chi connectivity index (χ1) is 13.3. The Morgan fingerprint density at radius 1 is 1.07 bits per heavy atom. The summed E-state index contributed by atoms with van der Waals surface area (Å²) < 4.78 is 40.4. The number of nitrogens with one attached hydrogen (secondary N) is 1. The molecule has 2 aromatic rings. The highest BCUT2D eigenvalue weighted by Crippen LogP contribution is 2.26. The van der Waals surface area contributed by atoms with E-state index in [1.165, 1.54) is 46.8 Å². The van der Waals surface area contributed by atoms with E-state index in [4.69, 9.17) is 0 Å². The molecule has 3 rings (SSSR count). The number of amides is 1. The minimum Gasteiger partial charge on any atom is -0.322 e. The number of anilines is 1. The fourth-order valence-electron chi connectivity index (χ4n) is 3.55. The number of hydrogen-bond acceptors (Lipinski definition) is 3. The minimum atomic E-state index is -3.59. The van der Waals surface area contributed by atoms with E-state index in [9.17, 15) is 17.6 Å². The average Bonchev–Trinajstić information content (AvgIpc) is 2.70. The van der Waals surface area contributed by atoms with Crippen LogP contribution in [-0.4, -0.2) is 31.7 Å². The lowest BCUT2D eigenvalue weighted by atomic mass is 9.96. The number of nitrogens with zero attached hydrogens (tertiary/aromatic N) is 1. The Balaban J connectivity index is 1.74. The topological polar surface area (TPSA) is 66.5 Å². The molecule has 150 valence electrons. The molecular weight excluding hydrogens is 379 g/mol. The van der Waals surface area contributed by atoms with E-state index >= 15 is 0 Å². The van der Waals surface area contributed by atoms with Gasteiger partial charge in [0.05, 0.1) is 4.90 Å². The highest BCUT2D eigenvalue weighted by Gasteiger charge is 2.29. The van der Waals surface area contributed by atoms with Crippen LogP contribution in [0, 0.1) is 12.7 Å². The number of carbonyl (C=O) groups is 1. The van der Waals surface area contributed by atoms with Gasteiger partial charge in [-0.25, -0.2) is 12.8 Å². The Labute approximate surface area is 165 Å². The molecule has 2 aromatic carbocycles. The molecule has 0 atom stereocenters. The van der Waals surface area contributed by atoms with Gasteiger partial charge in [-0.2, -0.15) is 4.31 Å². The van der Waals surface area contributed by atoms with Crippen LogP contribution in [0.25, 0.3) is 0 Å². The van der Waals surface area contributed by atoms with E-state index in [0.717, 1.165) is 32.1 Å². The highest BCUT2D eigenvalue weighted by atomic mass is 32.2. The molecule has 0 radical (unpaired) electrons. The highest BCUT2D eigenvalue weighted by molar-refractivity contribution is 7.89. The van der Waals surface area contributed by atoms with Gasteiger partial charge in [0.2, 0.25) is 10.0 Å². The summed E-state index contributed by atoms with van der Waals surface area (Å²) >= 11 is 0. The van der Waals surface area contributed by atoms with Gasteiger partial charge in [0.25, 0.3) is 5.91 Å². The smallest absolute Gasteiger partial charge is 0.255 e. The molecule has 0 aliphatic heterocycles. The van der Waals surface area contributed by atoms with Crippen LogP contribution in [0.5, 0.6) is 0 Å². The van der Waals surface area contributed by atoms with Crippen molar-refractivity contribution in [3.63, 3.8) is 0 Å². The maximum absolute atomic E-state index is 13.2. The summed E-state index contributed by atoms with van der Waals surface area (Å²) in [5.41, 5.74) is 1.46. The Morgan fingerprint density at radius 2 is 1.71 bits per heavy atom. The van der Waals surface area contributed by atoms with E-state index < -0.39 is 10.0 Å². The summed E-state index contributed by atoms with van der Waals surface area (Å²) in [7, 11) is -1.96. The molecule has 1 aliphatic rings. The summed E-state index contributed by atoms with van der Waals surface area (Å²) in [6.07, 6.45) is 5.01. The van der Waals surface area contributed by atoms with Crippen LogP contribution in [0.1, 0.15) is 48.0 Å². The second-order valence-electron chi connectivity index (χ2n) is 7.25. The zero-order chi connectivity index (χ0) is 20.3. The van der Waals surface area contributed by atoms with Crippen molar-refractivity contribution in [2.24, 2.45) is 0 Å². The summed E-state index contributed by atoms with van der Waals surface area (Å²) in [6.45, 7) is 1.70. The zero-order valence-corrected chi connectivity index (χ0v) is 16.9. The van der Waals surface area contributed by atoms with Crippen LogP contribution < -0.4 is 5.32 Å². The monoisotopic (exact) mass is 404 g/mol. The van der Waals surface area contributed by atoms with Crippen molar-refractivity contribution in [3.05, 3.63) is 59.4 Å². The van der Waals surface area contributed by atoms with Crippen LogP contribution in [-0.2, 0) is 10.0 Å². The van der Waals surface area contributed by atoms with Gasteiger partial charge in [0, 0.05) is 24.3 Å². The fourth-order valence-corrected chi connectivity index (χ4v) is 4.96. The molecule has 0 bridgehead atoms. The maximum atomic E-state index is 13.2. The third kappa shape index (κ3) is 4.42. The molecule has 0 spiro atoms. The Hall–Kier alpha value is -2.25. The number of sulfonamides is 1. The van der Waals surface area contributed by atoms with Gasteiger partial charge in [0.1, 0.15) is 5.82 Å². The third-order valence-electron chi connectivity index (χ3n) is 5.32. The quantitative estimate of drug-likeness (QED) is 0.806. The van der Waals surface area contributed by atoms with Crippen molar-refractivity contribution in [1.29, 1.82) is 0 Å². The van der Waals surface area contributed by atoms with Crippen molar-refractivity contribution in [1.82, 2.24) is 4.31 Å². The molecule has 0 aromatic heterocycles. The molecule has 0 saturated heterocycles. The Kier molecular flexibility index (Phi) is 6.15. The first kappa shape index (κ1) is 20.5. The number of hydrogen-bond donors (Lipinski definition) is 1. The first-order valence-corrected chi connectivity index (χ1v) is 10.9. The normalized spacial score (nSPS) is 15.6. The van der Waals surface area contributed by atoms with Gasteiger partial charge < -0.3 is 5.32 Å².